The quantitative estimate of drug-likeness (QED) is 0.619. The fourth-order valence-electron chi connectivity index (χ4n) is 2.18. The summed E-state index contributed by atoms with van der Waals surface area (Å²) in [5, 5.41) is 0. The molecule has 2 N–H and O–H groups in total. The summed E-state index contributed by atoms with van der Waals surface area (Å²) < 4.78 is 5.71. The molecule has 1 aliphatic rings. The van der Waals surface area contributed by atoms with E-state index in [1.807, 2.05) is 13.8 Å². The van der Waals surface area contributed by atoms with Crippen LogP contribution in [0.2, 0.25) is 0 Å². The maximum atomic E-state index is 12.3. The zero-order chi connectivity index (χ0) is 14.4. The number of anilines is 2. The first-order chi connectivity index (χ1) is 8.74. The van der Waals surface area contributed by atoms with Crippen molar-refractivity contribution in [2.75, 3.05) is 24.3 Å². The van der Waals surface area contributed by atoms with Gasteiger partial charge in [0, 0.05) is 12.7 Å². The van der Waals surface area contributed by atoms with Gasteiger partial charge in [-0.25, -0.2) is 0 Å². The van der Waals surface area contributed by atoms with Crippen LogP contribution in [0.25, 0.3) is 0 Å². The van der Waals surface area contributed by atoms with Crippen molar-refractivity contribution in [1.82, 2.24) is 0 Å². The summed E-state index contributed by atoms with van der Waals surface area (Å²) in [6, 6.07) is 3.23. The number of hydrogen-bond donors (Lipinski definition) is 1. The first kappa shape index (κ1) is 13.4. The predicted octanol–water partition coefficient (Wildman–Crippen LogP) is 1.85. The lowest BCUT2D eigenvalue weighted by Gasteiger charge is -2.24. The Balaban J connectivity index is 2.66. The highest BCUT2D eigenvalue weighted by Gasteiger charge is 2.37. The van der Waals surface area contributed by atoms with Gasteiger partial charge in [0.15, 0.2) is 11.5 Å². The molecule has 0 saturated heterocycles. The molecule has 0 radical (unpaired) electrons. The molecule has 1 amide bonds. The third kappa shape index (κ3) is 2.16. The molecular formula is C14H18N2O3. The maximum absolute atomic E-state index is 12.3. The number of ketones is 1. The second-order valence-corrected chi connectivity index (χ2v) is 5.51. The molecule has 1 aromatic carbocycles. The number of nitrogens with two attached hydrogens (primary N) is 1. The van der Waals surface area contributed by atoms with Crippen LogP contribution in [0.5, 0.6) is 5.75 Å². The SMILES string of the molecule is CC(=O)c1cc(N)cc2c1OCC(C)(C)C(=O)N2C. The van der Waals surface area contributed by atoms with Crippen LogP contribution in [0, 0.1) is 5.41 Å². The van der Waals surface area contributed by atoms with E-state index in [0.29, 0.717) is 22.7 Å². The Morgan fingerprint density at radius 2 is 2.05 bits per heavy atom. The van der Waals surface area contributed by atoms with Crippen molar-refractivity contribution in [3.63, 3.8) is 0 Å². The lowest BCUT2D eigenvalue weighted by Crippen LogP contribution is -2.39. The van der Waals surface area contributed by atoms with Crippen LogP contribution in [0.1, 0.15) is 31.1 Å². The number of hydrogen-bond acceptors (Lipinski definition) is 4. The van der Waals surface area contributed by atoms with Gasteiger partial charge < -0.3 is 15.4 Å². The Bertz CT molecular complexity index is 564. The van der Waals surface area contributed by atoms with E-state index in [4.69, 9.17) is 10.5 Å². The van der Waals surface area contributed by atoms with Gasteiger partial charge in [-0.1, -0.05) is 0 Å². The lowest BCUT2D eigenvalue weighted by molar-refractivity contribution is -0.127. The van der Waals surface area contributed by atoms with E-state index in [-0.39, 0.29) is 18.3 Å². The van der Waals surface area contributed by atoms with E-state index in [2.05, 4.69) is 0 Å². The van der Waals surface area contributed by atoms with Crippen LogP contribution in [0.4, 0.5) is 11.4 Å². The van der Waals surface area contributed by atoms with Gasteiger partial charge in [-0.2, -0.15) is 0 Å². The van der Waals surface area contributed by atoms with E-state index in [1.165, 1.54) is 11.8 Å². The monoisotopic (exact) mass is 262 g/mol. The molecule has 5 nitrogen and oxygen atoms in total. The van der Waals surface area contributed by atoms with Crippen LogP contribution in [0.15, 0.2) is 12.1 Å². The molecule has 0 fully saturated rings. The van der Waals surface area contributed by atoms with Crippen LogP contribution >= 0.6 is 0 Å². The normalized spacial score (nSPS) is 17.5. The summed E-state index contributed by atoms with van der Waals surface area (Å²) in [5.41, 5.74) is 6.55. The highest BCUT2D eigenvalue weighted by Crippen LogP contribution is 2.39. The molecule has 0 atom stereocenters. The molecule has 19 heavy (non-hydrogen) atoms. The molecule has 0 spiro atoms. The van der Waals surface area contributed by atoms with E-state index < -0.39 is 5.41 Å². The number of nitrogens with zero attached hydrogens (tertiary/aromatic N) is 1. The van der Waals surface area contributed by atoms with Crippen molar-refractivity contribution in [3.05, 3.63) is 17.7 Å². The third-order valence-electron chi connectivity index (χ3n) is 3.29. The number of amides is 1. The second kappa shape index (κ2) is 4.26. The van der Waals surface area contributed by atoms with Gasteiger partial charge >= 0.3 is 0 Å². The van der Waals surface area contributed by atoms with Gasteiger partial charge in [-0.05, 0) is 32.9 Å². The molecule has 5 heteroatoms. The number of carbonyl (C=O) groups excluding carboxylic acids is 2. The van der Waals surface area contributed by atoms with Crippen molar-refractivity contribution < 1.29 is 14.3 Å². The molecule has 0 saturated carbocycles. The Kier molecular flexibility index (Phi) is 3.00. The third-order valence-corrected chi connectivity index (χ3v) is 3.29. The smallest absolute Gasteiger partial charge is 0.235 e. The molecule has 0 unspecified atom stereocenters. The zero-order valence-electron chi connectivity index (χ0n) is 11.6. The van der Waals surface area contributed by atoms with Gasteiger partial charge in [0.1, 0.15) is 6.61 Å². The van der Waals surface area contributed by atoms with Crippen LogP contribution in [0.3, 0.4) is 0 Å². The van der Waals surface area contributed by atoms with Crippen molar-refractivity contribution in [2.24, 2.45) is 5.41 Å². The van der Waals surface area contributed by atoms with E-state index in [9.17, 15) is 9.59 Å². The van der Waals surface area contributed by atoms with Crippen LogP contribution in [-0.4, -0.2) is 25.3 Å². The number of rotatable bonds is 1. The molecule has 102 valence electrons. The topological polar surface area (TPSA) is 72.6 Å². The van der Waals surface area contributed by atoms with Gasteiger partial charge in [0.25, 0.3) is 0 Å². The highest BCUT2D eigenvalue weighted by molar-refractivity contribution is 6.04. The Hall–Kier alpha value is -2.04. The average molecular weight is 262 g/mol. The van der Waals surface area contributed by atoms with Gasteiger partial charge in [-0.3, -0.25) is 9.59 Å². The summed E-state index contributed by atoms with van der Waals surface area (Å²) >= 11 is 0. The summed E-state index contributed by atoms with van der Waals surface area (Å²) in [6.45, 7) is 5.31. The van der Waals surface area contributed by atoms with Crippen LogP contribution < -0.4 is 15.4 Å². The summed E-state index contributed by atoms with van der Waals surface area (Å²) in [5.74, 6) is 0.235. The van der Waals surface area contributed by atoms with E-state index in [0.717, 1.165) is 0 Å². The molecular weight excluding hydrogens is 244 g/mol. The minimum Gasteiger partial charge on any atom is -0.490 e. The molecule has 1 aliphatic heterocycles. The molecule has 0 bridgehead atoms. The Morgan fingerprint density at radius 1 is 1.42 bits per heavy atom. The van der Waals surface area contributed by atoms with E-state index in [1.54, 1.807) is 19.2 Å². The number of benzene rings is 1. The molecule has 0 aliphatic carbocycles. The molecule has 1 heterocycles. The van der Waals surface area contributed by atoms with Crippen molar-refractivity contribution in [1.29, 1.82) is 0 Å². The molecule has 2 rings (SSSR count). The largest absolute Gasteiger partial charge is 0.490 e. The minimum atomic E-state index is -0.642. The zero-order valence-corrected chi connectivity index (χ0v) is 11.6. The van der Waals surface area contributed by atoms with Gasteiger partial charge in [0.05, 0.1) is 16.7 Å². The average Bonchev–Trinajstić information content (AvgIpc) is 2.40. The van der Waals surface area contributed by atoms with Crippen molar-refractivity contribution in [2.45, 2.75) is 20.8 Å². The predicted molar refractivity (Wildman–Crippen MR) is 73.5 cm³/mol. The Morgan fingerprint density at radius 3 is 2.63 bits per heavy atom. The summed E-state index contributed by atoms with van der Waals surface area (Å²) in [7, 11) is 1.67. The van der Waals surface area contributed by atoms with Crippen LogP contribution in [-0.2, 0) is 4.79 Å². The number of Topliss-reactive ketones (excluding diaryl/α,β-unsaturated/α-hetero) is 1. The van der Waals surface area contributed by atoms with Crippen molar-refractivity contribution in [3.8, 4) is 5.75 Å². The number of fused-ring (bicyclic) bond motifs is 1. The first-order valence-corrected chi connectivity index (χ1v) is 6.09. The fraction of sp³-hybridized carbons (Fsp3) is 0.429. The Labute approximate surface area is 112 Å². The molecule has 0 aromatic heterocycles. The summed E-state index contributed by atoms with van der Waals surface area (Å²) in [4.78, 5) is 25.5. The minimum absolute atomic E-state index is 0.0636. The van der Waals surface area contributed by atoms with Gasteiger partial charge in [0.2, 0.25) is 5.91 Å². The van der Waals surface area contributed by atoms with Crippen molar-refractivity contribution >= 4 is 23.1 Å². The first-order valence-electron chi connectivity index (χ1n) is 6.09. The standard InChI is InChI=1S/C14H18N2O3/c1-8(17)10-5-9(15)6-11-12(10)19-7-14(2,3)13(18)16(11)4/h5-6H,7,15H2,1-4H3. The lowest BCUT2D eigenvalue weighted by atomic mass is 9.93. The van der Waals surface area contributed by atoms with Gasteiger partial charge in [-0.15, -0.1) is 0 Å². The maximum Gasteiger partial charge on any atom is 0.235 e. The van der Waals surface area contributed by atoms with E-state index >= 15 is 0 Å². The number of ether oxygens (including phenoxy) is 1. The highest BCUT2D eigenvalue weighted by atomic mass is 16.5. The number of nitrogen functional groups attached to an aromatic ring is 1. The molecule has 1 aromatic rings. The summed E-state index contributed by atoms with van der Waals surface area (Å²) in [6.07, 6.45) is 0. The second-order valence-electron chi connectivity index (χ2n) is 5.51. The fourth-order valence-corrected chi connectivity index (χ4v) is 2.18. The number of carbonyl (C=O) groups is 2.